The second-order valence-corrected chi connectivity index (χ2v) is 9.34. The maximum atomic E-state index is 14.1. The van der Waals surface area contributed by atoms with Crippen molar-refractivity contribution in [1.29, 1.82) is 0 Å². The summed E-state index contributed by atoms with van der Waals surface area (Å²) in [7, 11) is 0. The summed E-state index contributed by atoms with van der Waals surface area (Å²) in [5.41, 5.74) is 3.84. The van der Waals surface area contributed by atoms with Crippen molar-refractivity contribution in [2.75, 3.05) is 16.6 Å². The zero-order valence-electron chi connectivity index (χ0n) is 21.9. The Bertz CT molecular complexity index is 1270. The van der Waals surface area contributed by atoms with E-state index >= 15 is 0 Å². The lowest BCUT2D eigenvalue weighted by Gasteiger charge is -2.29. The van der Waals surface area contributed by atoms with E-state index in [1.807, 2.05) is 106 Å². The van der Waals surface area contributed by atoms with Crippen molar-refractivity contribution in [3.8, 4) is 5.75 Å². The Morgan fingerprint density at radius 2 is 1.13 bits per heavy atom. The SMILES string of the molecule is CCOc1ccc(C(C2C(=O)N(c3ccccc3)N=C2CC)C2C(=O)N(c3ccccc3)N=C2CC)cc1. The van der Waals surface area contributed by atoms with E-state index < -0.39 is 17.8 Å². The van der Waals surface area contributed by atoms with Crippen LogP contribution in [0.5, 0.6) is 5.75 Å². The number of benzene rings is 3. The van der Waals surface area contributed by atoms with E-state index in [1.54, 1.807) is 0 Å². The van der Waals surface area contributed by atoms with E-state index in [4.69, 9.17) is 14.9 Å². The molecule has 0 saturated carbocycles. The van der Waals surface area contributed by atoms with E-state index in [0.717, 1.165) is 22.7 Å². The molecule has 7 heteroatoms. The molecular formula is C31H32N4O3. The molecule has 2 heterocycles. The molecule has 3 aromatic rings. The molecule has 2 atom stereocenters. The number of hydrogen-bond acceptors (Lipinski definition) is 5. The van der Waals surface area contributed by atoms with Gasteiger partial charge in [-0.15, -0.1) is 0 Å². The molecule has 3 aromatic carbocycles. The first-order chi connectivity index (χ1) is 18.6. The number of carbonyl (C=O) groups excluding carboxylic acids is 2. The molecule has 5 rings (SSSR count). The summed E-state index contributed by atoms with van der Waals surface area (Å²) in [4.78, 5) is 28.2. The first-order valence-corrected chi connectivity index (χ1v) is 13.2. The van der Waals surface area contributed by atoms with Crippen LogP contribution < -0.4 is 14.8 Å². The number of nitrogens with zero attached hydrogens (tertiary/aromatic N) is 4. The molecule has 0 saturated heterocycles. The second-order valence-electron chi connectivity index (χ2n) is 9.34. The zero-order valence-corrected chi connectivity index (χ0v) is 21.9. The molecule has 0 spiro atoms. The van der Waals surface area contributed by atoms with Gasteiger partial charge in [0.15, 0.2) is 0 Å². The highest BCUT2D eigenvalue weighted by molar-refractivity contribution is 6.20. The van der Waals surface area contributed by atoms with E-state index in [9.17, 15) is 9.59 Å². The second kappa shape index (κ2) is 11.0. The largest absolute Gasteiger partial charge is 0.494 e. The maximum Gasteiger partial charge on any atom is 0.256 e. The van der Waals surface area contributed by atoms with Gasteiger partial charge in [-0.05, 0) is 61.7 Å². The van der Waals surface area contributed by atoms with Crippen molar-refractivity contribution in [3.63, 3.8) is 0 Å². The van der Waals surface area contributed by atoms with Gasteiger partial charge in [0.25, 0.3) is 11.8 Å². The Kier molecular flexibility index (Phi) is 7.36. The van der Waals surface area contributed by atoms with Gasteiger partial charge in [0, 0.05) is 5.92 Å². The van der Waals surface area contributed by atoms with Crippen LogP contribution in [0.15, 0.2) is 95.1 Å². The number of rotatable bonds is 9. The van der Waals surface area contributed by atoms with Crippen molar-refractivity contribution >= 4 is 34.6 Å². The summed E-state index contributed by atoms with van der Waals surface area (Å²) < 4.78 is 5.67. The summed E-state index contributed by atoms with van der Waals surface area (Å²) in [6, 6.07) is 26.6. The molecule has 2 aliphatic heterocycles. The number of carbonyl (C=O) groups is 2. The molecule has 194 valence electrons. The Morgan fingerprint density at radius 3 is 1.53 bits per heavy atom. The predicted molar refractivity (Wildman–Crippen MR) is 151 cm³/mol. The van der Waals surface area contributed by atoms with Crippen molar-refractivity contribution in [3.05, 3.63) is 90.5 Å². The molecule has 0 radical (unpaired) electrons. The number of hydrogen-bond donors (Lipinski definition) is 0. The van der Waals surface area contributed by atoms with Crippen LogP contribution in [0, 0.1) is 11.8 Å². The molecule has 38 heavy (non-hydrogen) atoms. The highest BCUT2D eigenvalue weighted by Gasteiger charge is 2.51. The summed E-state index contributed by atoms with van der Waals surface area (Å²) in [5.74, 6) is -1.18. The van der Waals surface area contributed by atoms with Gasteiger partial charge in [0.2, 0.25) is 0 Å². The van der Waals surface area contributed by atoms with E-state index in [2.05, 4.69) is 0 Å². The Morgan fingerprint density at radius 1 is 0.684 bits per heavy atom. The lowest BCUT2D eigenvalue weighted by Crippen LogP contribution is -2.40. The highest BCUT2D eigenvalue weighted by Crippen LogP contribution is 2.44. The van der Waals surface area contributed by atoms with E-state index in [-0.39, 0.29) is 11.8 Å². The standard InChI is InChI=1S/C31H32N4O3/c1-4-25-28(30(36)34(32-25)22-13-9-7-10-14-22)27(21-17-19-24(20-18-21)38-6-3)29-26(5-2)33-35(31(29)37)23-15-11-8-12-16-23/h7-20,27-29H,4-6H2,1-3H3. The maximum absolute atomic E-state index is 14.1. The minimum absolute atomic E-state index is 0.131. The third-order valence-corrected chi connectivity index (χ3v) is 7.14. The molecule has 7 nitrogen and oxygen atoms in total. The van der Waals surface area contributed by atoms with Crippen molar-refractivity contribution in [2.24, 2.45) is 22.0 Å². The molecular weight excluding hydrogens is 476 g/mol. The van der Waals surface area contributed by atoms with Crippen LogP contribution in [0.1, 0.15) is 45.1 Å². The van der Waals surface area contributed by atoms with Crippen molar-refractivity contribution in [1.82, 2.24) is 0 Å². The minimum atomic E-state index is -0.598. The fourth-order valence-electron chi connectivity index (χ4n) is 5.37. The normalized spacial score (nSPS) is 20.0. The number of ether oxygens (including phenoxy) is 1. The van der Waals surface area contributed by atoms with Gasteiger partial charge in [-0.2, -0.15) is 10.2 Å². The van der Waals surface area contributed by atoms with Gasteiger partial charge in [-0.25, -0.2) is 10.0 Å². The van der Waals surface area contributed by atoms with Crippen molar-refractivity contribution < 1.29 is 14.3 Å². The van der Waals surface area contributed by atoms with Gasteiger partial charge < -0.3 is 4.74 Å². The molecule has 0 fully saturated rings. The molecule has 0 bridgehead atoms. The summed E-state index contributed by atoms with van der Waals surface area (Å²) in [6.45, 7) is 6.51. The van der Waals surface area contributed by atoms with E-state index in [1.165, 1.54) is 10.0 Å². The Balaban J connectivity index is 1.61. The highest BCUT2D eigenvalue weighted by atomic mass is 16.5. The smallest absolute Gasteiger partial charge is 0.256 e. The third-order valence-electron chi connectivity index (χ3n) is 7.14. The molecule has 0 aliphatic carbocycles. The van der Waals surface area contributed by atoms with Crippen LogP contribution in [0.4, 0.5) is 11.4 Å². The Labute approximate surface area is 223 Å². The topological polar surface area (TPSA) is 74.6 Å². The van der Waals surface area contributed by atoms with Gasteiger partial charge in [0.05, 0.1) is 41.2 Å². The monoisotopic (exact) mass is 508 g/mol. The fourth-order valence-corrected chi connectivity index (χ4v) is 5.37. The Hall–Kier alpha value is -4.26. The summed E-state index contributed by atoms with van der Waals surface area (Å²) >= 11 is 0. The number of hydrazone groups is 2. The van der Waals surface area contributed by atoms with E-state index in [0.29, 0.717) is 30.8 Å². The van der Waals surface area contributed by atoms with Crippen molar-refractivity contribution in [2.45, 2.75) is 39.5 Å². The average Bonchev–Trinajstić information content (AvgIpc) is 3.47. The van der Waals surface area contributed by atoms with Crippen LogP contribution >= 0.6 is 0 Å². The molecule has 2 aliphatic rings. The van der Waals surface area contributed by atoms with Crippen LogP contribution in [0.25, 0.3) is 0 Å². The van der Waals surface area contributed by atoms with Crippen LogP contribution in [-0.4, -0.2) is 29.8 Å². The number of anilines is 2. The zero-order chi connectivity index (χ0) is 26.6. The minimum Gasteiger partial charge on any atom is -0.494 e. The van der Waals surface area contributed by atoms with Gasteiger partial charge in [-0.3, -0.25) is 9.59 Å². The summed E-state index contributed by atoms with van der Waals surface area (Å²) in [5, 5.41) is 12.5. The first-order valence-electron chi connectivity index (χ1n) is 13.2. The predicted octanol–water partition coefficient (Wildman–Crippen LogP) is 6.03. The molecule has 2 amide bonds. The average molecular weight is 509 g/mol. The third kappa shape index (κ3) is 4.60. The quantitative estimate of drug-likeness (QED) is 0.354. The number of para-hydroxylation sites is 2. The molecule has 0 aromatic heterocycles. The van der Waals surface area contributed by atoms with Gasteiger partial charge in [-0.1, -0.05) is 62.4 Å². The first kappa shape index (κ1) is 25.4. The van der Waals surface area contributed by atoms with Crippen LogP contribution in [0.2, 0.25) is 0 Å². The van der Waals surface area contributed by atoms with Gasteiger partial charge in [0.1, 0.15) is 5.75 Å². The lowest BCUT2D eigenvalue weighted by atomic mass is 9.71. The van der Waals surface area contributed by atoms with Gasteiger partial charge >= 0.3 is 0 Å². The fraction of sp³-hybridized carbons (Fsp3) is 0.290. The lowest BCUT2D eigenvalue weighted by molar-refractivity contribution is -0.122. The van der Waals surface area contributed by atoms with Crippen LogP contribution in [-0.2, 0) is 9.59 Å². The molecule has 0 N–H and O–H groups in total. The summed E-state index contributed by atoms with van der Waals surface area (Å²) in [6.07, 6.45) is 1.18. The number of amides is 2. The van der Waals surface area contributed by atoms with Crippen LogP contribution in [0.3, 0.4) is 0 Å². The molecule has 2 unspecified atom stereocenters.